The minimum Gasteiger partial charge on any atom is -0.383 e. The Morgan fingerprint density at radius 1 is 0.921 bits per heavy atom. The number of rotatable bonds is 10. The standard InChI is InChI=1S/C26H22BrCl3N4O3S/c27-18-2-5-20(6-3-18)38(36,37)34(15-17-1-8-22(29)23(30)13-17)16-26(35)33-12-11-32-24-9-10-31-25-14-19(28)4-7-21(24)25/h1-10,13-14H,11-12,15-16H2,(H,31,32)(H,33,35). The number of anilines is 1. The lowest BCUT2D eigenvalue weighted by Gasteiger charge is -2.22. The van der Waals surface area contributed by atoms with Crippen LogP contribution in [0.1, 0.15) is 5.56 Å². The molecule has 1 amide bonds. The van der Waals surface area contributed by atoms with Crippen LogP contribution >= 0.6 is 50.7 Å². The average Bonchev–Trinajstić information content (AvgIpc) is 2.88. The van der Waals surface area contributed by atoms with Gasteiger partial charge in [-0.15, -0.1) is 0 Å². The molecule has 0 aliphatic carbocycles. The predicted molar refractivity (Wildman–Crippen MR) is 156 cm³/mol. The van der Waals surface area contributed by atoms with E-state index in [4.69, 9.17) is 34.8 Å². The van der Waals surface area contributed by atoms with E-state index in [1.165, 1.54) is 12.1 Å². The summed E-state index contributed by atoms with van der Waals surface area (Å²) >= 11 is 21.5. The van der Waals surface area contributed by atoms with Crippen molar-refractivity contribution >= 4 is 83.3 Å². The normalized spacial score (nSPS) is 11.6. The molecule has 0 unspecified atom stereocenters. The molecule has 12 heteroatoms. The van der Waals surface area contributed by atoms with E-state index in [2.05, 4.69) is 31.5 Å². The van der Waals surface area contributed by atoms with Gasteiger partial charge in [0.2, 0.25) is 15.9 Å². The van der Waals surface area contributed by atoms with Crippen molar-refractivity contribution in [3.8, 4) is 0 Å². The summed E-state index contributed by atoms with van der Waals surface area (Å²) in [7, 11) is -3.99. The number of nitrogens with one attached hydrogen (secondary N) is 2. The van der Waals surface area contributed by atoms with Crippen molar-refractivity contribution in [2.45, 2.75) is 11.4 Å². The van der Waals surface area contributed by atoms with Crippen LogP contribution in [0.4, 0.5) is 5.69 Å². The van der Waals surface area contributed by atoms with E-state index in [0.29, 0.717) is 27.2 Å². The molecule has 0 atom stereocenters. The van der Waals surface area contributed by atoms with Crippen LogP contribution in [0.5, 0.6) is 0 Å². The van der Waals surface area contributed by atoms with Gasteiger partial charge in [-0.25, -0.2) is 8.42 Å². The summed E-state index contributed by atoms with van der Waals surface area (Å²) in [5.41, 5.74) is 2.20. The molecule has 0 saturated heterocycles. The molecule has 0 saturated carbocycles. The van der Waals surface area contributed by atoms with Gasteiger partial charge in [-0.1, -0.05) is 56.8 Å². The Labute approximate surface area is 244 Å². The lowest BCUT2D eigenvalue weighted by atomic mass is 10.2. The van der Waals surface area contributed by atoms with Gasteiger partial charge in [0.1, 0.15) is 0 Å². The molecule has 0 fully saturated rings. The molecule has 0 spiro atoms. The summed E-state index contributed by atoms with van der Waals surface area (Å²) in [5.74, 6) is -0.445. The first-order chi connectivity index (χ1) is 18.1. The molecule has 2 N–H and O–H groups in total. The molecule has 1 aromatic heterocycles. The van der Waals surface area contributed by atoms with Crippen LogP contribution in [0.15, 0.2) is 82.3 Å². The third kappa shape index (κ3) is 7.16. The Morgan fingerprint density at radius 3 is 2.42 bits per heavy atom. The Morgan fingerprint density at radius 2 is 1.68 bits per heavy atom. The van der Waals surface area contributed by atoms with Crippen LogP contribution in [0.2, 0.25) is 15.1 Å². The largest absolute Gasteiger partial charge is 0.383 e. The van der Waals surface area contributed by atoms with E-state index in [0.717, 1.165) is 25.4 Å². The van der Waals surface area contributed by atoms with Crippen molar-refractivity contribution in [1.29, 1.82) is 0 Å². The van der Waals surface area contributed by atoms with Crippen molar-refractivity contribution in [3.63, 3.8) is 0 Å². The van der Waals surface area contributed by atoms with Crippen molar-refractivity contribution < 1.29 is 13.2 Å². The molecule has 0 aliphatic rings. The fourth-order valence-corrected chi connectivity index (χ4v) is 5.85. The Kier molecular flexibility index (Phi) is 9.51. The highest BCUT2D eigenvalue weighted by atomic mass is 79.9. The zero-order chi connectivity index (χ0) is 27.3. The van der Waals surface area contributed by atoms with Crippen LogP contribution in [-0.4, -0.2) is 43.2 Å². The Hall–Kier alpha value is -2.40. The lowest BCUT2D eigenvalue weighted by Crippen LogP contribution is -2.41. The van der Waals surface area contributed by atoms with Gasteiger partial charge >= 0.3 is 0 Å². The van der Waals surface area contributed by atoms with Gasteiger partial charge in [0.25, 0.3) is 0 Å². The van der Waals surface area contributed by atoms with E-state index in [1.54, 1.807) is 48.7 Å². The monoisotopic (exact) mass is 654 g/mol. The van der Waals surface area contributed by atoms with E-state index in [9.17, 15) is 13.2 Å². The number of amides is 1. The third-order valence-corrected chi connectivity index (χ3v) is 8.89. The fourth-order valence-electron chi connectivity index (χ4n) is 3.71. The van der Waals surface area contributed by atoms with Gasteiger partial charge in [0, 0.05) is 46.4 Å². The number of fused-ring (bicyclic) bond motifs is 1. The summed E-state index contributed by atoms with van der Waals surface area (Å²) in [6.07, 6.45) is 1.67. The topological polar surface area (TPSA) is 91.4 Å². The summed E-state index contributed by atoms with van der Waals surface area (Å²) in [4.78, 5) is 17.2. The molecule has 38 heavy (non-hydrogen) atoms. The second kappa shape index (κ2) is 12.6. The molecule has 0 aliphatic heterocycles. The molecule has 4 rings (SSSR count). The zero-order valence-electron chi connectivity index (χ0n) is 19.8. The van der Waals surface area contributed by atoms with Crippen LogP contribution in [0.3, 0.4) is 0 Å². The van der Waals surface area contributed by atoms with Gasteiger partial charge in [-0.3, -0.25) is 9.78 Å². The summed E-state index contributed by atoms with van der Waals surface area (Å²) < 4.78 is 28.7. The first-order valence-corrected chi connectivity index (χ1v) is 14.7. The van der Waals surface area contributed by atoms with Gasteiger partial charge in [0.05, 0.1) is 27.0 Å². The summed E-state index contributed by atoms with van der Waals surface area (Å²) in [6.45, 7) is 0.247. The number of carbonyl (C=O) groups excluding carboxylic acids is 1. The average molecular weight is 657 g/mol. The summed E-state index contributed by atoms with van der Waals surface area (Å²) in [6, 6.07) is 18.3. The molecule has 7 nitrogen and oxygen atoms in total. The van der Waals surface area contributed by atoms with Gasteiger partial charge in [0.15, 0.2) is 0 Å². The van der Waals surface area contributed by atoms with E-state index < -0.39 is 15.9 Å². The van der Waals surface area contributed by atoms with Gasteiger partial charge in [-0.2, -0.15) is 4.31 Å². The Bertz CT molecular complexity index is 1570. The smallest absolute Gasteiger partial charge is 0.243 e. The van der Waals surface area contributed by atoms with Crippen LogP contribution < -0.4 is 10.6 Å². The van der Waals surface area contributed by atoms with E-state index >= 15 is 0 Å². The van der Waals surface area contributed by atoms with E-state index in [-0.39, 0.29) is 24.5 Å². The van der Waals surface area contributed by atoms with Gasteiger partial charge in [-0.05, 0) is 66.2 Å². The second-order valence-electron chi connectivity index (χ2n) is 8.27. The molecular formula is C26H22BrCl3N4O3S. The highest BCUT2D eigenvalue weighted by molar-refractivity contribution is 9.10. The molecule has 0 radical (unpaired) electrons. The number of hydrogen-bond donors (Lipinski definition) is 2. The van der Waals surface area contributed by atoms with Crippen LogP contribution in [-0.2, 0) is 21.4 Å². The second-order valence-corrected chi connectivity index (χ2v) is 12.4. The molecule has 1 heterocycles. The SMILES string of the molecule is O=C(CN(Cc1ccc(Cl)c(Cl)c1)S(=O)(=O)c1ccc(Br)cc1)NCCNc1ccnc2cc(Cl)ccc12. The molecule has 4 aromatic rings. The number of benzene rings is 3. The molecule has 0 bridgehead atoms. The highest BCUT2D eigenvalue weighted by Gasteiger charge is 2.27. The first-order valence-electron chi connectivity index (χ1n) is 11.4. The maximum absolute atomic E-state index is 13.4. The number of sulfonamides is 1. The van der Waals surface area contributed by atoms with Crippen molar-refractivity contribution in [3.05, 3.63) is 98.0 Å². The first kappa shape index (κ1) is 28.6. The lowest BCUT2D eigenvalue weighted by molar-refractivity contribution is -0.121. The predicted octanol–water partition coefficient (Wildman–Crippen LogP) is 6.38. The minimum atomic E-state index is -3.99. The molecule has 198 valence electrons. The maximum atomic E-state index is 13.4. The summed E-state index contributed by atoms with van der Waals surface area (Å²) in [5, 5.41) is 8.20. The number of nitrogens with zero attached hydrogens (tertiary/aromatic N) is 2. The number of aromatic nitrogens is 1. The zero-order valence-corrected chi connectivity index (χ0v) is 24.5. The minimum absolute atomic E-state index is 0.0630. The third-order valence-electron chi connectivity index (χ3n) is 5.58. The van der Waals surface area contributed by atoms with Crippen LogP contribution in [0, 0.1) is 0 Å². The van der Waals surface area contributed by atoms with Crippen molar-refractivity contribution in [1.82, 2.24) is 14.6 Å². The maximum Gasteiger partial charge on any atom is 0.243 e. The number of carbonyl (C=O) groups is 1. The fraction of sp³-hybridized carbons (Fsp3) is 0.154. The number of pyridine rings is 1. The molecular weight excluding hydrogens is 635 g/mol. The Balaban J connectivity index is 1.43. The van der Waals surface area contributed by atoms with Crippen molar-refractivity contribution in [2.24, 2.45) is 0 Å². The number of hydrogen-bond acceptors (Lipinski definition) is 5. The van der Waals surface area contributed by atoms with Crippen molar-refractivity contribution in [2.75, 3.05) is 25.0 Å². The highest BCUT2D eigenvalue weighted by Crippen LogP contribution is 2.26. The molecule has 3 aromatic carbocycles. The number of halogens is 4. The quantitative estimate of drug-likeness (QED) is 0.194. The van der Waals surface area contributed by atoms with Crippen LogP contribution in [0.25, 0.3) is 10.9 Å². The van der Waals surface area contributed by atoms with E-state index in [1.807, 2.05) is 12.1 Å². The van der Waals surface area contributed by atoms with Gasteiger partial charge < -0.3 is 10.6 Å².